The zero-order chi connectivity index (χ0) is 19.9. The second-order valence-corrected chi connectivity index (χ2v) is 9.17. The summed E-state index contributed by atoms with van der Waals surface area (Å²) in [6, 6.07) is 9.34. The summed E-state index contributed by atoms with van der Waals surface area (Å²) < 4.78 is 26.2. The van der Waals surface area contributed by atoms with Gasteiger partial charge in [-0.25, -0.2) is 12.7 Å². The van der Waals surface area contributed by atoms with E-state index in [4.69, 9.17) is 5.26 Å². The maximum Gasteiger partial charge on any atom is 0.227 e. The number of sulfonamides is 1. The van der Waals surface area contributed by atoms with Crippen molar-refractivity contribution in [3.63, 3.8) is 0 Å². The normalized spacial score (nSPS) is 18.0. The van der Waals surface area contributed by atoms with E-state index in [9.17, 15) is 13.2 Å². The van der Waals surface area contributed by atoms with Crippen LogP contribution in [0.4, 0.5) is 0 Å². The lowest BCUT2D eigenvalue weighted by Crippen LogP contribution is -2.47. The highest BCUT2D eigenvalue weighted by Crippen LogP contribution is 2.23. The first-order valence-electron chi connectivity index (χ1n) is 9.67. The molecule has 0 saturated carbocycles. The van der Waals surface area contributed by atoms with Crippen LogP contribution in [0.1, 0.15) is 50.7 Å². The van der Waals surface area contributed by atoms with Crippen molar-refractivity contribution in [2.75, 3.05) is 25.4 Å². The van der Waals surface area contributed by atoms with E-state index in [0.29, 0.717) is 31.6 Å². The first kappa shape index (κ1) is 21.4. The summed E-state index contributed by atoms with van der Waals surface area (Å²) >= 11 is 0. The number of hydrogen-bond donors (Lipinski definition) is 0. The maximum atomic E-state index is 13.1. The number of carbonyl (C=O) groups is 1. The molecular formula is C20H29N3O3S. The quantitative estimate of drug-likeness (QED) is 0.682. The Morgan fingerprint density at radius 1 is 1.26 bits per heavy atom. The Kier molecular flexibility index (Phi) is 7.81. The van der Waals surface area contributed by atoms with Crippen molar-refractivity contribution in [1.82, 2.24) is 9.21 Å². The first-order valence-corrected chi connectivity index (χ1v) is 11.3. The standard InChI is InChI=1S/C20H29N3O3S/c1-3-11-22(15-18-9-7-17(14-21)8-10-18)20(24)19-6-5-12-23(16-19)27(25,26)13-4-2/h7-10,19H,3-6,11-13,15-16H2,1-2H3. The van der Waals surface area contributed by atoms with E-state index >= 15 is 0 Å². The lowest BCUT2D eigenvalue weighted by atomic mass is 9.97. The fourth-order valence-corrected chi connectivity index (χ4v) is 5.07. The van der Waals surface area contributed by atoms with Crippen LogP contribution in [-0.4, -0.2) is 48.9 Å². The molecule has 2 rings (SSSR count). The maximum absolute atomic E-state index is 13.1. The van der Waals surface area contributed by atoms with Gasteiger partial charge < -0.3 is 4.90 Å². The minimum absolute atomic E-state index is 0.0256. The van der Waals surface area contributed by atoms with Crippen molar-refractivity contribution in [1.29, 1.82) is 5.26 Å². The van der Waals surface area contributed by atoms with Crippen LogP contribution >= 0.6 is 0 Å². The summed E-state index contributed by atoms with van der Waals surface area (Å²) in [6.45, 7) is 5.79. The Balaban J connectivity index is 2.09. The van der Waals surface area contributed by atoms with Crippen LogP contribution in [0, 0.1) is 17.2 Å². The van der Waals surface area contributed by atoms with Crippen LogP contribution < -0.4 is 0 Å². The van der Waals surface area contributed by atoms with E-state index in [2.05, 4.69) is 6.07 Å². The molecule has 6 nitrogen and oxygen atoms in total. The minimum atomic E-state index is -3.27. The average Bonchev–Trinajstić information content (AvgIpc) is 2.68. The fourth-order valence-electron chi connectivity index (χ4n) is 3.48. The van der Waals surface area contributed by atoms with Crippen molar-refractivity contribution >= 4 is 15.9 Å². The van der Waals surface area contributed by atoms with Crippen molar-refractivity contribution in [3.05, 3.63) is 35.4 Å². The summed E-state index contributed by atoms with van der Waals surface area (Å²) in [4.78, 5) is 14.9. The highest BCUT2D eigenvalue weighted by atomic mass is 32.2. The van der Waals surface area contributed by atoms with Crippen molar-refractivity contribution in [3.8, 4) is 6.07 Å². The van der Waals surface area contributed by atoms with E-state index in [1.54, 1.807) is 12.1 Å². The molecule has 0 spiro atoms. The highest BCUT2D eigenvalue weighted by Gasteiger charge is 2.33. The molecule has 148 valence electrons. The van der Waals surface area contributed by atoms with Crippen LogP contribution in [0.15, 0.2) is 24.3 Å². The lowest BCUT2D eigenvalue weighted by molar-refractivity contribution is -0.137. The third-order valence-electron chi connectivity index (χ3n) is 4.85. The van der Waals surface area contributed by atoms with Gasteiger partial charge in [0.1, 0.15) is 0 Å². The molecule has 0 radical (unpaired) electrons. The molecule has 1 fully saturated rings. The molecule has 1 saturated heterocycles. The Hall–Kier alpha value is -1.91. The number of benzene rings is 1. The van der Waals surface area contributed by atoms with Crippen LogP contribution in [0.3, 0.4) is 0 Å². The number of nitriles is 1. The number of amides is 1. The molecule has 27 heavy (non-hydrogen) atoms. The molecule has 1 amide bonds. The average molecular weight is 392 g/mol. The number of hydrogen-bond acceptors (Lipinski definition) is 4. The summed E-state index contributed by atoms with van der Waals surface area (Å²) in [5.74, 6) is -0.120. The van der Waals surface area contributed by atoms with Gasteiger partial charge in [0.2, 0.25) is 15.9 Å². The lowest BCUT2D eigenvalue weighted by Gasteiger charge is -2.34. The topological polar surface area (TPSA) is 81.5 Å². The molecule has 0 aliphatic carbocycles. The first-order chi connectivity index (χ1) is 12.9. The van der Waals surface area contributed by atoms with Crippen molar-refractivity contribution in [2.24, 2.45) is 5.92 Å². The van der Waals surface area contributed by atoms with Gasteiger partial charge in [0, 0.05) is 26.2 Å². The van der Waals surface area contributed by atoms with Gasteiger partial charge in [0.05, 0.1) is 23.3 Å². The smallest absolute Gasteiger partial charge is 0.227 e. The molecule has 1 aromatic rings. The van der Waals surface area contributed by atoms with E-state index in [-0.39, 0.29) is 24.1 Å². The van der Waals surface area contributed by atoms with Crippen LogP contribution in [0.25, 0.3) is 0 Å². The largest absolute Gasteiger partial charge is 0.338 e. The van der Waals surface area contributed by atoms with Crippen molar-refractivity contribution < 1.29 is 13.2 Å². The highest BCUT2D eigenvalue weighted by molar-refractivity contribution is 7.89. The van der Waals surface area contributed by atoms with Gasteiger partial charge in [-0.15, -0.1) is 0 Å². The van der Waals surface area contributed by atoms with Gasteiger partial charge >= 0.3 is 0 Å². The molecule has 7 heteroatoms. The zero-order valence-electron chi connectivity index (χ0n) is 16.2. The molecule has 0 bridgehead atoms. The fraction of sp³-hybridized carbons (Fsp3) is 0.600. The summed E-state index contributed by atoms with van der Waals surface area (Å²) in [5.41, 5.74) is 1.57. The second kappa shape index (κ2) is 9.86. The van der Waals surface area contributed by atoms with Crippen LogP contribution in [0.5, 0.6) is 0 Å². The number of piperidine rings is 1. The van der Waals surface area contributed by atoms with Gasteiger partial charge in [-0.2, -0.15) is 5.26 Å². The Morgan fingerprint density at radius 2 is 1.96 bits per heavy atom. The predicted molar refractivity (Wildman–Crippen MR) is 105 cm³/mol. The van der Waals surface area contributed by atoms with Gasteiger partial charge in [-0.3, -0.25) is 4.79 Å². The summed E-state index contributed by atoms with van der Waals surface area (Å²) in [6.07, 6.45) is 2.87. The summed E-state index contributed by atoms with van der Waals surface area (Å²) in [5, 5.41) is 8.91. The molecular weight excluding hydrogens is 362 g/mol. The Morgan fingerprint density at radius 3 is 2.56 bits per heavy atom. The van der Waals surface area contributed by atoms with Gasteiger partial charge in [-0.05, 0) is 43.4 Å². The number of carbonyl (C=O) groups excluding carboxylic acids is 1. The Bertz CT molecular complexity index is 769. The minimum Gasteiger partial charge on any atom is -0.338 e. The van der Waals surface area contributed by atoms with E-state index in [1.807, 2.05) is 30.9 Å². The van der Waals surface area contributed by atoms with Gasteiger partial charge in [0.15, 0.2) is 0 Å². The van der Waals surface area contributed by atoms with Crippen molar-refractivity contribution in [2.45, 2.75) is 46.1 Å². The summed E-state index contributed by atoms with van der Waals surface area (Å²) in [7, 11) is -3.27. The third-order valence-corrected chi connectivity index (χ3v) is 6.89. The van der Waals surface area contributed by atoms with Gasteiger partial charge in [0.25, 0.3) is 0 Å². The zero-order valence-corrected chi connectivity index (χ0v) is 17.0. The molecule has 0 N–H and O–H groups in total. The molecule has 1 aliphatic heterocycles. The van der Waals surface area contributed by atoms with E-state index < -0.39 is 10.0 Å². The Labute approximate surface area is 162 Å². The van der Waals surface area contributed by atoms with E-state index in [0.717, 1.165) is 24.8 Å². The predicted octanol–water partition coefficient (Wildman–Crippen LogP) is 2.75. The van der Waals surface area contributed by atoms with E-state index in [1.165, 1.54) is 4.31 Å². The molecule has 1 unspecified atom stereocenters. The van der Waals surface area contributed by atoms with Crippen LogP contribution in [0.2, 0.25) is 0 Å². The molecule has 1 aromatic carbocycles. The molecule has 1 heterocycles. The number of rotatable bonds is 8. The van der Waals surface area contributed by atoms with Crippen LogP contribution in [-0.2, 0) is 21.4 Å². The second-order valence-electron chi connectivity index (χ2n) is 7.08. The molecule has 1 atom stereocenters. The third kappa shape index (κ3) is 5.78. The number of nitrogens with zero attached hydrogens (tertiary/aromatic N) is 3. The molecule has 1 aliphatic rings. The molecule has 0 aromatic heterocycles. The van der Waals surface area contributed by atoms with Gasteiger partial charge in [-0.1, -0.05) is 26.0 Å². The SMILES string of the molecule is CCCN(Cc1ccc(C#N)cc1)C(=O)C1CCCN(S(=O)(=O)CCC)C1. The monoisotopic (exact) mass is 391 g/mol.